The van der Waals surface area contributed by atoms with E-state index in [0.717, 1.165) is 29.0 Å². The topological polar surface area (TPSA) is 17.3 Å². The van der Waals surface area contributed by atoms with E-state index in [9.17, 15) is 0 Å². The van der Waals surface area contributed by atoms with E-state index in [2.05, 4.69) is 158 Å². The summed E-state index contributed by atoms with van der Waals surface area (Å²) in [7, 11) is 0. The summed E-state index contributed by atoms with van der Waals surface area (Å²) in [6.45, 7) is 8.28. The minimum atomic E-state index is 0.917. The zero-order valence-electron chi connectivity index (χ0n) is 26.2. The van der Waals surface area contributed by atoms with Crippen LogP contribution in [-0.4, -0.2) is 10.3 Å². The van der Waals surface area contributed by atoms with Gasteiger partial charge in [0.15, 0.2) is 0 Å². The van der Waals surface area contributed by atoms with Crippen molar-refractivity contribution in [1.82, 2.24) is 4.57 Å². The standard InChI is InChI=1S/C44H34N2/c1-4-29(2)25-26-45-30(3)34-20-12-22-43-44(34)40-19-9-10-21-42(40)46(43)33-14-11-13-31(27-33)32-23-24-39-37-17-6-5-15-35(37)36-16-7-8-18-38(36)41(39)28-32/h5-28H,2,4H2,1,3H3/b26-25-,45-30?. The van der Waals surface area contributed by atoms with E-state index in [1.54, 1.807) is 0 Å². The van der Waals surface area contributed by atoms with Crippen LogP contribution in [-0.2, 0) is 0 Å². The summed E-state index contributed by atoms with van der Waals surface area (Å²) < 4.78 is 2.39. The molecule has 1 heterocycles. The summed E-state index contributed by atoms with van der Waals surface area (Å²) in [4.78, 5) is 4.81. The molecule has 0 radical (unpaired) electrons. The van der Waals surface area contributed by atoms with Crippen LogP contribution in [0, 0.1) is 0 Å². The zero-order valence-corrected chi connectivity index (χ0v) is 26.2. The average Bonchev–Trinajstić information content (AvgIpc) is 3.46. The maximum absolute atomic E-state index is 4.81. The minimum Gasteiger partial charge on any atom is -0.309 e. The molecule has 0 aliphatic carbocycles. The zero-order chi connectivity index (χ0) is 31.2. The van der Waals surface area contributed by atoms with Crippen LogP contribution < -0.4 is 0 Å². The Morgan fingerprint density at radius 3 is 1.91 bits per heavy atom. The number of benzene rings is 7. The summed E-state index contributed by atoms with van der Waals surface area (Å²) in [5.41, 5.74) is 9.08. The van der Waals surface area contributed by atoms with E-state index in [4.69, 9.17) is 4.99 Å². The Hall–Kier alpha value is -5.73. The van der Waals surface area contributed by atoms with Gasteiger partial charge in [0.2, 0.25) is 0 Å². The van der Waals surface area contributed by atoms with E-state index in [1.165, 1.54) is 65.3 Å². The highest BCUT2D eigenvalue weighted by atomic mass is 15.0. The molecule has 46 heavy (non-hydrogen) atoms. The molecule has 8 aromatic rings. The minimum absolute atomic E-state index is 0.917. The second-order valence-corrected chi connectivity index (χ2v) is 12.0. The van der Waals surface area contributed by atoms with Gasteiger partial charge >= 0.3 is 0 Å². The number of para-hydroxylation sites is 1. The van der Waals surface area contributed by atoms with Gasteiger partial charge in [-0.2, -0.15) is 0 Å². The molecule has 0 saturated carbocycles. The fourth-order valence-electron chi connectivity index (χ4n) is 6.95. The van der Waals surface area contributed by atoms with Crippen molar-refractivity contribution in [1.29, 1.82) is 0 Å². The van der Waals surface area contributed by atoms with Crippen molar-refractivity contribution < 1.29 is 0 Å². The van der Waals surface area contributed by atoms with Crippen molar-refractivity contribution in [3.8, 4) is 16.8 Å². The molecule has 8 rings (SSSR count). The second-order valence-electron chi connectivity index (χ2n) is 12.0. The molecular formula is C44H34N2. The predicted octanol–water partition coefficient (Wildman–Crippen LogP) is 12.2. The molecule has 0 bridgehead atoms. The van der Waals surface area contributed by atoms with Crippen LogP contribution in [0.2, 0.25) is 0 Å². The van der Waals surface area contributed by atoms with Gasteiger partial charge in [0.1, 0.15) is 0 Å². The Morgan fingerprint density at radius 1 is 0.609 bits per heavy atom. The molecule has 0 aliphatic rings. The molecule has 0 N–H and O–H groups in total. The summed E-state index contributed by atoms with van der Waals surface area (Å²) >= 11 is 0. The molecule has 0 spiro atoms. The maximum atomic E-state index is 4.81. The van der Waals surface area contributed by atoms with Gasteiger partial charge in [0, 0.05) is 33.9 Å². The van der Waals surface area contributed by atoms with Gasteiger partial charge in [-0.3, -0.25) is 4.99 Å². The van der Waals surface area contributed by atoms with Gasteiger partial charge in [-0.15, -0.1) is 0 Å². The van der Waals surface area contributed by atoms with Crippen LogP contribution >= 0.6 is 0 Å². The van der Waals surface area contributed by atoms with Gasteiger partial charge < -0.3 is 4.57 Å². The van der Waals surface area contributed by atoms with E-state index in [-0.39, 0.29) is 0 Å². The van der Waals surface area contributed by atoms with Gasteiger partial charge in [-0.1, -0.05) is 122 Å². The third-order valence-electron chi connectivity index (χ3n) is 9.30. The lowest BCUT2D eigenvalue weighted by Crippen LogP contribution is -1.97. The van der Waals surface area contributed by atoms with Gasteiger partial charge in [-0.05, 0) is 93.2 Å². The normalized spacial score (nSPS) is 12.3. The fraction of sp³-hybridized carbons (Fsp3) is 0.0682. The number of fused-ring (bicyclic) bond motifs is 9. The first-order valence-electron chi connectivity index (χ1n) is 16.0. The Kier molecular flexibility index (Phi) is 6.84. The molecule has 7 aromatic carbocycles. The molecule has 0 fully saturated rings. The number of aliphatic imine (C=N–C) groups is 1. The van der Waals surface area contributed by atoms with Crippen LogP contribution in [0.25, 0.3) is 70.9 Å². The van der Waals surface area contributed by atoms with Gasteiger partial charge in [0.25, 0.3) is 0 Å². The molecular weight excluding hydrogens is 556 g/mol. The molecule has 2 nitrogen and oxygen atoms in total. The molecule has 0 atom stereocenters. The lowest BCUT2D eigenvalue weighted by atomic mass is 9.92. The van der Waals surface area contributed by atoms with Crippen LogP contribution in [0.5, 0.6) is 0 Å². The lowest BCUT2D eigenvalue weighted by Gasteiger charge is -2.13. The SMILES string of the molecule is C=C(/C=C\N=C(C)c1cccc2c1c1ccccc1n2-c1cccc(-c2ccc3c4ccccc4c4ccccc4c3c2)c1)CC. The number of rotatable bonds is 6. The summed E-state index contributed by atoms with van der Waals surface area (Å²) in [5, 5.41) is 10.2. The number of hydrogen-bond acceptors (Lipinski definition) is 1. The monoisotopic (exact) mass is 590 g/mol. The predicted molar refractivity (Wildman–Crippen MR) is 200 cm³/mol. The van der Waals surface area contributed by atoms with Crippen LogP contribution in [0.4, 0.5) is 0 Å². The molecule has 220 valence electrons. The third-order valence-corrected chi connectivity index (χ3v) is 9.30. The lowest BCUT2D eigenvalue weighted by molar-refractivity contribution is 1.16. The van der Waals surface area contributed by atoms with E-state index >= 15 is 0 Å². The number of allylic oxidation sites excluding steroid dienone is 2. The Bertz CT molecular complexity index is 2510. The molecule has 0 aliphatic heterocycles. The molecule has 0 unspecified atom stereocenters. The fourth-order valence-corrected chi connectivity index (χ4v) is 6.95. The average molecular weight is 591 g/mol. The van der Waals surface area contributed by atoms with E-state index < -0.39 is 0 Å². The Labute approximate surface area is 269 Å². The first-order valence-corrected chi connectivity index (χ1v) is 16.0. The molecule has 1 aromatic heterocycles. The van der Waals surface area contributed by atoms with Crippen molar-refractivity contribution >= 4 is 59.8 Å². The van der Waals surface area contributed by atoms with Crippen LogP contribution in [0.15, 0.2) is 163 Å². The number of nitrogens with zero attached hydrogens (tertiary/aromatic N) is 2. The van der Waals surface area contributed by atoms with Crippen LogP contribution in [0.1, 0.15) is 25.8 Å². The van der Waals surface area contributed by atoms with Crippen molar-refractivity contribution in [3.05, 3.63) is 163 Å². The quantitative estimate of drug-likeness (QED) is 0.104. The smallest absolute Gasteiger partial charge is 0.0547 e. The molecule has 0 saturated heterocycles. The highest BCUT2D eigenvalue weighted by Crippen LogP contribution is 2.39. The van der Waals surface area contributed by atoms with Crippen molar-refractivity contribution in [2.24, 2.45) is 4.99 Å². The number of hydrogen-bond donors (Lipinski definition) is 0. The Morgan fingerprint density at radius 2 is 1.20 bits per heavy atom. The maximum Gasteiger partial charge on any atom is 0.0547 e. The largest absolute Gasteiger partial charge is 0.309 e. The Balaban J connectivity index is 1.31. The highest BCUT2D eigenvalue weighted by molar-refractivity contribution is 6.26. The van der Waals surface area contributed by atoms with Gasteiger partial charge in [-0.25, -0.2) is 0 Å². The summed E-state index contributed by atoms with van der Waals surface area (Å²) in [6.07, 6.45) is 4.79. The van der Waals surface area contributed by atoms with E-state index in [1.807, 2.05) is 12.3 Å². The van der Waals surface area contributed by atoms with Crippen molar-refractivity contribution in [3.63, 3.8) is 0 Å². The summed E-state index contributed by atoms with van der Waals surface area (Å²) in [5.74, 6) is 0. The number of aromatic nitrogens is 1. The van der Waals surface area contributed by atoms with Crippen molar-refractivity contribution in [2.45, 2.75) is 20.3 Å². The molecule has 0 amide bonds. The molecule has 2 heteroatoms. The first kappa shape index (κ1) is 27.8. The first-order chi connectivity index (χ1) is 22.6. The second kappa shape index (κ2) is 11.3. The highest BCUT2D eigenvalue weighted by Gasteiger charge is 2.17. The third kappa shape index (κ3) is 4.53. The van der Waals surface area contributed by atoms with Gasteiger partial charge in [0.05, 0.1) is 11.0 Å². The van der Waals surface area contributed by atoms with E-state index in [0.29, 0.717) is 0 Å². The van der Waals surface area contributed by atoms with Crippen LogP contribution in [0.3, 0.4) is 0 Å². The summed E-state index contributed by atoms with van der Waals surface area (Å²) in [6, 6.07) is 48.6. The van der Waals surface area contributed by atoms with Crippen molar-refractivity contribution in [2.75, 3.05) is 0 Å².